The molecule has 116 valence electrons. The van der Waals surface area contributed by atoms with Gasteiger partial charge in [0.25, 0.3) is 0 Å². The highest BCUT2D eigenvalue weighted by Crippen LogP contribution is 2.23. The summed E-state index contributed by atoms with van der Waals surface area (Å²) in [4.78, 5) is 22.8. The molecule has 0 bridgehead atoms. The van der Waals surface area contributed by atoms with Crippen molar-refractivity contribution in [2.45, 2.75) is 39.7 Å². The summed E-state index contributed by atoms with van der Waals surface area (Å²) in [5, 5.41) is 14.5. The van der Waals surface area contributed by atoms with Crippen molar-refractivity contribution in [3.05, 3.63) is 28.2 Å². The molecule has 0 aliphatic rings. The Balaban J connectivity index is 2.62. The molecular formula is C15H21BrN2O3. The normalized spacial score (nSPS) is 12.0. The fraction of sp³-hybridized carbons (Fsp3) is 0.467. The monoisotopic (exact) mass is 356 g/mol. The molecule has 0 spiro atoms. The Kier molecular flexibility index (Phi) is 6.68. The van der Waals surface area contributed by atoms with Crippen LogP contribution in [0.5, 0.6) is 0 Å². The minimum atomic E-state index is -1.03. The lowest BCUT2D eigenvalue weighted by molar-refractivity contribution is 0.0697. The Morgan fingerprint density at radius 2 is 1.90 bits per heavy atom. The number of benzene rings is 1. The molecule has 5 nitrogen and oxygen atoms in total. The summed E-state index contributed by atoms with van der Waals surface area (Å²) < 4.78 is 0.637. The van der Waals surface area contributed by atoms with Gasteiger partial charge in [0, 0.05) is 10.5 Å². The molecule has 0 radical (unpaired) electrons. The van der Waals surface area contributed by atoms with Crippen molar-refractivity contribution in [1.82, 2.24) is 5.32 Å². The van der Waals surface area contributed by atoms with E-state index in [1.807, 2.05) is 6.92 Å². The fourth-order valence-corrected chi connectivity index (χ4v) is 2.14. The Bertz CT molecular complexity index is 518. The van der Waals surface area contributed by atoms with E-state index in [1.54, 1.807) is 6.07 Å². The molecular weight excluding hydrogens is 336 g/mol. The van der Waals surface area contributed by atoms with E-state index in [0.717, 1.165) is 12.8 Å². The van der Waals surface area contributed by atoms with Crippen molar-refractivity contribution in [3.63, 3.8) is 0 Å². The molecule has 0 saturated heterocycles. The van der Waals surface area contributed by atoms with Gasteiger partial charge in [-0.1, -0.05) is 13.8 Å². The molecule has 1 aromatic rings. The second-order valence-electron chi connectivity index (χ2n) is 5.47. The number of carboxylic acid groups (broad SMARTS) is 1. The number of rotatable bonds is 6. The number of hydrogen-bond acceptors (Lipinski definition) is 2. The second-order valence-corrected chi connectivity index (χ2v) is 6.32. The summed E-state index contributed by atoms with van der Waals surface area (Å²) in [6, 6.07) is 4.22. The van der Waals surface area contributed by atoms with E-state index in [-0.39, 0.29) is 17.6 Å². The van der Waals surface area contributed by atoms with Gasteiger partial charge in [-0.3, -0.25) is 0 Å². The molecule has 0 saturated carbocycles. The zero-order chi connectivity index (χ0) is 16.0. The number of amides is 2. The summed E-state index contributed by atoms with van der Waals surface area (Å²) in [6.45, 7) is 6.23. The van der Waals surface area contributed by atoms with Crippen molar-refractivity contribution in [2.24, 2.45) is 5.92 Å². The number of nitrogens with one attached hydrogen (secondary N) is 2. The lowest BCUT2D eigenvalue weighted by Gasteiger charge is -2.16. The van der Waals surface area contributed by atoms with Crippen molar-refractivity contribution in [1.29, 1.82) is 0 Å². The number of carboxylic acids is 1. The van der Waals surface area contributed by atoms with Gasteiger partial charge in [0.05, 0.1) is 11.3 Å². The van der Waals surface area contributed by atoms with Gasteiger partial charge in [-0.25, -0.2) is 9.59 Å². The molecule has 2 amide bonds. The minimum Gasteiger partial charge on any atom is -0.478 e. The highest BCUT2D eigenvalue weighted by Gasteiger charge is 2.12. The van der Waals surface area contributed by atoms with Crippen LogP contribution in [0.15, 0.2) is 22.7 Å². The van der Waals surface area contributed by atoms with Gasteiger partial charge in [-0.15, -0.1) is 0 Å². The van der Waals surface area contributed by atoms with Crippen LogP contribution in [-0.2, 0) is 0 Å². The van der Waals surface area contributed by atoms with Crippen LogP contribution in [0.2, 0.25) is 0 Å². The number of carbonyl (C=O) groups is 2. The molecule has 1 unspecified atom stereocenters. The third-order valence-corrected chi connectivity index (χ3v) is 3.71. The molecule has 1 atom stereocenters. The molecule has 0 aromatic heterocycles. The molecule has 0 aliphatic heterocycles. The Hall–Kier alpha value is -1.56. The highest BCUT2D eigenvalue weighted by molar-refractivity contribution is 9.10. The first-order chi connectivity index (χ1) is 9.79. The Morgan fingerprint density at radius 1 is 1.24 bits per heavy atom. The zero-order valence-electron chi connectivity index (χ0n) is 12.4. The molecule has 0 aliphatic carbocycles. The largest absolute Gasteiger partial charge is 0.478 e. The van der Waals surface area contributed by atoms with E-state index in [2.05, 4.69) is 40.4 Å². The molecule has 0 fully saturated rings. The van der Waals surface area contributed by atoms with E-state index < -0.39 is 5.97 Å². The average molecular weight is 357 g/mol. The first kappa shape index (κ1) is 17.5. The maximum absolute atomic E-state index is 11.9. The number of anilines is 1. The van der Waals surface area contributed by atoms with E-state index in [4.69, 9.17) is 5.11 Å². The van der Waals surface area contributed by atoms with Crippen molar-refractivity contribution in [3.8, 4) is 0 Å². The van der Waals surface area contributed by atoms with Gasteiger partial charge >= 0.3 is 12.0 Å². The SMILES string of the molecule is CC(C)CCC(C)NC(=O)Nc1cc(C(=O)O)ccc1Br. The Morgan fingerprint density at radius 3 is 2.48 bits per heavy atom. The number of urea groups is 1. The number of carbonyl (C=O) groups excluding carboxylic acids is 1. The molecule has 0 heterocycles. The van der Waals surface area contributed by atoms with Gasteiger partial charge in [-0.05, 0) is 59.8 Å². The van der Waals surface area contributed by atoms with Crippen LogP contribution in [-0.4, -0.2) is 23.1 Å². The predicted molar refractivity (Wildman–Crippen MR) is 86.8 cm³/mol. The first-order valence-electron chi connectivity index (χ1n) is 6.90. The third-order valence-electron chi connectivity index (χ3n) is 3.02. The molecule has 1 rings (SSSR count). The quantitative estimate of drug-likeness (QED) is 0.717. The third kappa shape index (κ3) is 6.16. The summed E-state index contributed by atoms with van der Waals surface area (Å²) in [7, 11) is 0. The summed E-state index contributed by atoms with van der Waals surface area (Å²) in [6.07, 6.45) is 1.95. The zero-order valence-corrected chi connectivity index (χ0v) is 14.0. The van der Waals surface area contributed by atoms with E-state index in [1.165, 1.54) is 12.1 Å². The number of hydrogen-bond donors (Lipinski definition) is 3. The van der Waals surface area contributed by atoms with Crippen LogP contribution in [0.4, 0.5) is 10.5 Å². The van der Waals surface area contributed by atoms with Crippen molar-refractivity contribution >= 4 is 33.6 Å². The lowest BCUT2D eigenvalue weighted by Crippen LogP contribution is -2.36. The smallest absolute Gasteiger partial charge is 0.335 e. The predicted octanol–water partition coefficient (Wildman–Crippen LogP) is 4.09. The minimum absolute atomic E-state index is 0.0637. The van der Waals surface area contributed by atoms with Gasteiger partial charge in [0.15, 0.2) is 0 Å². The van der Waals surface area contributed by atoms with Gasteiger partial charge < -0.3 is 15.7 Å². The van der Waals surface area contributed by atoms with E-state index in [9.17, 15) is 9.59 Å². The number of halogens is 1. The van der Waals surface area contributed by atoms with Gasteiger partial charge in [0.1, 0.15) is 0 Å². The summed E-state index contributed by atoms with van der Waals surface area (Å²) in [5.74, 6) is -0.435. The molecule has 3 N–H and O–H groups in total. The maximum Gasteiger partial charge on any atom is 0.335 e. The van der Waals surface area contributed by atoms with Crippen molar-refractivity contribution < 1.29 is 14.7 Å². The van der Waals surface area contributed by atoms with Crippen LogP contribution in [0.1, 0.15) is 44.0 Å². The average Bonchev–Trinajstić information content (AvgIpc) is 2.38. The van der Waals surface area contributed by atoms with E-state index >= 15 is 0 Å². The van der Waals surface area contributed by atoms with E-state index in [0.29, 0.717) is 16.1 Å². The topological polar surface area (TPSA) is 78.4 Å². The first-order valence-corrected chi connectivity index (χ1v) is 7.69. The second kappa shape index (κ2) is 8.02. The lowest BCUT2D eigenvalue weighted by atomic mass is 10.0. The van der Waals surface area contributed by atoms with Crippen molar-refractivity contribution in [2.75, 3.05) is 5.32 Å². The summed E-state index contributed by atoms with van der Waals surface area (Å²) >= 11 is 3.29. The molecule has 6 heteroatoms. The summed E-state index contributed by atoms with van der Waals surface area (Å²) in [5.41, 5.74) is 0.560. The highest BCUT2D eigenvalue weighted by atomic mass is 79.9. The standard InChI is InChI=1S/C15H21BrN2O3/c1-9(2)4-5-10(3)17-15(21)18-13-8-11(14(19)20)6-7-12(13)16/h6-10H,4-5H2,1-3H3,(H,19,20)(H2,17,18,21). The number of aromatic carboxylic acids is 1. The Labute approximate surface area is 133 Å². The maximum atomic E-state index is 11.9. The van der Waals surface area contributed by atoms with Crippen LogP contribution < -0.4 is 10.6 Å². The van der Waals surface area contributed by atoms with Gasteiger partial charge in [-0.2, -0.15) is 0 Å². The molecule has 1 aromatic carbocycles. The van der Waals surface area contributed by atoms with Crippen LogP contribution >= 0.6 is 15.9 Å². The fourth-order valence-electron chi connectivity index (χ4n) is 1.79. The van der Waals surface area contributed by atoms with Crippen LogP contribution in [0.25, 0.3) is 0 Å². The van der Waals surface area contributed by atoms with Crippen LogP contribution in [0.3, 0.4) is 0 Å². The van der Waals surface area contributed by atoms with Gasteiger partial charge in [0.2, 0.25) is 0 Å². The molecule has 21 heavy (non-hydrogen) atoms. The van der Waals surface area contributed by atoms with Crippen LogP contribution in [0, 0.1) is 5.92 Å².